The number of nitrogens with zero attached hydrogens (tertiary/aromatic N) is 5. The fourth-order valence-electron chi connectivity index (χ4n) is 1.85. The molecular formula is C12H20N6. The maximum Gasteiger partial charge on any atom is 0.141 e. The highest BCUT2D eigenvalue weighted by molar-refractivity contribution is 4.86. The van der Waals surface area contributed by atoms with Gasteiger partial charge in [0.2, 0.25) is 0 Å². The first kappa shape index (κ1) is 12.8. The SMILES string of the molecule is CC(Cn1cccn1)NCc1ncnn1C(C)C. The number of hydrogen-bond donors (Lipinski definition) is 1. The molecule has 0 bridgehead atoms. The maximum atomic E-state index is 4.27. The van der Waals surface area contributed by atoms with Gasteiger partial charge in [0.25, 0.3) is 0 Å². The van der Waals surface area contributed by atoms with Gasteiger partial charge in [-0.2, -0.15) is 10.2 Å². The Hall–Kier alpha value is -1.69. The zero-order chi connectivity index (χ0) is 13.0. The zero-order valence-electron chi connectivity index (χ0n) is 11.1. The Morgan fingerprint density at radius 3 is 2.78 bits per heavy atom. The van der Waals surface area contributed by atoms with Crippen LogP contribution >= 0.6 is 0 Å². The number of nitrogens with one attached hydrogen (secondary N) is 1. The lowest BCUT2D eigenvalue weighted by Crippen LogP contribution is -2.31. The standard InChI is InChI=1S/C12H20N6/c1-10(2)18-12(14-9-16-18)7-13-11(3)8-17-6-4-5-15-17/h4-6,9-11,13H,7-8H2,1-3H3. The third kappa shape index (κ3) is 3.16. The van der Waals surface area contributed by atoms with Gasteiger partial charge in [-0.3, -0.25) is 4.68 Å². The van der Waals surface area contributed by atoms with Crippen molar-refractivity contribution >= 4 is 0 Å². The monoisotopic (exact) mass is 248 g/mol. The second kappa shape index (κ2) is 5.77. The predicted molar refractivity (Wildman–Crippen MR) is 68.9 cm³/mol. The van der Waals surface area contributed by atoms with E-state index >= 15 is 0 Å². The van der Waals surface area contributed by atoms with Gasteiger partial charge in [-0.05, 0) is 26.8 Å². The lowest BCUT2D eigenvalue weighted by molar-refractivity contribution is 0.426. The van der Waals surface area contributed by atoms with Crippen LogP contribution in [-0.4, -0.2) is 30.6 Å². The molecule has 1 atom stereocenters. The molecule has 2 heterocycles. The molecule has 0 spiro atoms. The van der Waals surface area contributed by atoms with Gasteiger partial charge in [0, 0.05) is 24.5 Å². The number of rotatable bonds is 6. The molecule has 0 amide bonds. The molecule has 0 saturated carbocycles. The first-order valence-corrected chi connectivity index (χ1v) is 6.26. The minimum Gasteiger partial charge on any atom is -0.305 e. The van der Waals surface area contributed by atoms with Gasteiger partial charge >= 0.3 is 0 Å². The highest BCUT2D eigenvalue weighted by atomic mass is 15.4. The lowest BCUT2D eigenvalue weighted by atomic mass is 10.3. The maximum absolute atomic E-state index is 4.27. The zero-order valence-corrected chi connectivity index (χ0v) is 11.1. The quantitative estimate of drug-likeness (QED) is 0.835. The molecule has 0 aromatic carbocycles. The summed E-state index contributed by atoms with van der Waals surface area (Å²) in [6.07, 6.45) is 5.37. The van der Waals surface area contributed by atoms with Crippen molar-refractivity contribution in [1.29, 1.82) is 0 Å². The van der Waals surface area contributed by atoms with E-state index in [1.807, 2.05) is 21.6 Å². The van der Waals surface area contributed by atoms with E-state index in [0.717, 1.165) is 18.9 Å². The highest BCUT2D eigenvalue weighted by Gasteiger charge is 2.09. The molecule has 1 unspecified atom stereocenters. The van der Waals surface area contributed by atoms with Gasteiger partial charge in [0.1, 0.15) is 12.2 Å². The third-order valence-corrected chi connectivity index (χ3v) is 2.77. The molecule has 2 rings (SSSR count). The smallest absolute Gasteiger partial charge is 0.141 e. The summed E-state index contributed by atoms with van der Waals surface area (Å²) >= 11 is 0. The molecule has 2 aromatic rings. The molecule has 1 N–H and O–H groups in total. The fourth-order valence-corrected chi connectivity index (χ4v) is 1.85. The van der Waals surface area contributed by atoms with Crippen LogP contribution in [0.25, 0.3) is 0 Å². The van der Waals surface area contributed by atoms with Crippen molar-refractivity contribution in [2.24, 2.45) is 0 Å². The summed E-state index contributed by atoms with van der Waals surface area (Å²) in [6, 6.07) is 2.61. The Kier molecular flexibility index (Phi) is 4.09. The summed E-state index contributed by atoms with van der Waals surface area (Å²) in [5, 5.41) is 11.8. The van der Waals surface area contributed by atoms with Crippen molar-refractivity contribution in [3.05, 3.63) is 30.6 Å². The van der Waals surface area contributed by atoms with Crippen molar-refractivity contribution in [3.63, 3.8) is 0 Å². The van der Waals surface area contributed by atoms with E-state index in [9.17, 15) is 0 Å². The van der Waals surface area contributed by atoms with Crippen LogP contribution in [0.2, 0.25) is 0 Å². The average molecular weight is 248 g/mol. The fraction of sp³-hybridized carbons (Fsp3) is 0.583. The van der Waals surface area contributed by atoms with Crippen molar-refractivity contribution in [2.45, 2.75) is 45.9 Å². The van der Waals surface area contributed by atoms with Gasteiger partial charge in [-0.1, -0.05) is 0 Å². The highest BCUT2D eigenvalue weighted by Crippen LogP contribution is 2.05. The van der Waals surface area contributed by atoms with Gasteiger partial charge in [-0.15, -0.1) is 0 Å². The first-order valence-electron chi connectivity index (χ1n) is 6.26. The van der Waals surface area contributed by atoms with Crippen molar-refractivity contribution in [3.8, 4) is 0 Å². The minimum absolute atomic E-state index is 0.335. The predicted octanol–water partition coefficient (Wildman–Crippen LogP) is 1.23. The molecule has 98 valence electrons. The van der Waals surface area contributed by atoms with Crippen LogP contribution in [0.15, 0.2) is 24.8 Å². The van der Waals surface area contributed by atoms with Gasteiger partial charge in [0.05, 0.1) is 13.1 Å². The Bertz CT molecular complexity index is 459. The lowest BCUT2D eigenvalue weighted by Gasteiger charge is -2.15. The van der Waals surface area contributed by atoms with Crippen LogP contribution in [0.5, 0.6) is 0 Å². The van der Waals surface area contributed by atoms with Crippen LogP contribution in [0.1, 0.15) is 32.6 Å². The molecule has 0 aliphatic carbocycles. The topological polar surface area (TPSA) is 60.6 Å². The van der Waals surface area contributed by atoms with Crippen LogP contribution in [0.3, 0.4) is 0 Å². The van der Waals surface area contributed by atoms with Crippen LogP contribution in [-0.2, 0) is 13.1 Å². The van der Waals surface area contributed by atoms with Gasteiger partial charge < -0.3 is 5.32 Å². The van der Waals surface area contributed by atoms with Crippen LogP contribution in [0, 0.1) is 0 Å². The van der Waals surface area contributed by atoms with Crippen LogP contribution in [0.4, 0.5) is 0 Å². The van der Waals surface area contributed by atoms with E-state index in [-0.39, 0.29) is 0 Å². The second-order valence-electron chi connectivity index (χ2n) is 4.72. The second-order valence-corrected chi connectivity index (χ2v) is 4.72. The summed E-state index contributed by atoms with van der Waals surface area (Å²) < 4.78 is 3.86. The summed E-state index contributed by atoms with van der Waals surface area (Å²) in [7, 11) is 0. The normalized spacial score (nSPS) is 13.1. The molecule has 0 fully saturated rings. The van der Waals surface area contributed by atoms with Crippen molar-refractivity contribution < 1.29 is 0 Å². The molecular weight excluding hydrogens is 228 g/mol. The summed E-state index contributed by atoms with van der Waals surface area (Å²) in [5.41, 5.74) is 0. The van der Waals surface area contributed by atoms with E-state index in [1.54, 1.807) is 12.5 Å². The Balaban J connectivity index is 1.85. The molecule has 6 nitrogen and oxygen atoms in total. The Morgan fingerprint density at radius 1 is 1.28 bits per heavy atom. The van der Waals surface area contributed by atoms with E-state index in [0.29, 0.717) is 12.1 Å². The summed E-state index contributed by atoms with van der Waals surface area (Å²) in [6.45, 7) is 7.91. The molecule has 18 heavy (non-hydrogen) atoms. The molecule has 0 radical (unpaired) electrons. The van der Waals surface area contributed by atoms with E-state index in [4.69, 9.17) is 0 Å². The van der Waals surface area contributed by atoms with Crippen molar-refractivity contribution in [2.75, 3.05) is 0 Å². The minimum atomic E-state index is 0.335. The average Bonchev–Trinajstić information content (AvgIpc) is 2.96. The Morgan fingerprint density at radius 2 is 2.11 bits per heavy atom. The van der Waals surface area contributed by atoms with E-state index in [1.165, 1.54) is 0 Å². The Labute approximate surface area is 107 Å². The molecule has 6 heteroatoms. The van der Waals surface area contributed by atoms with Gasteiger partial charge in [0.15, 0.2) is 0 Å². The molecule has 0 aliphatic rings. The number of hydrogen-bond acceptors (Lipinski definition) is 4. The van der Waals surface area contributed by atoms with Crippen molar-refractivity contribution in [1.82, 2.24) is 29.9 Å². The van der Waals surface area contributed by atoms with Gasteiger partial charge in [-0.25, -0.2) is 9.67 Å². The summed E-state index contributed by atoms with van der Waals surface area (Å²) in [4.78, 5) is 4.27. The summed E-state index contributed by atoms with van der Waals surface area (Å²) in [5.74, 6) is 0.970. The first-order chi connectivity index (χ1) is 8.66. The molecule has 0 saturated heterocycles. The van der Waals surface area contributed by atoms with E-state index in [2.05, 4.69) is 41.3 Å². The van der Waals surface area contributed by atoms with Crippen LogP contribution < -0.4 is 5.32 Å². The van der Waals surface area contributed by atoms with E-state index < -0.39 is 0 Å². The molecule has 0 aliphatic heterocycles. The third-order valence-electron chi connectivity index (χ3n) is 2.77. The number of aromatic nitrogens is 5. The largest absolute Gasteiger partial charge is 0.305 e. The molecule has 2 aromatic heterocycles.